The number of aromatic amines is 1. The number of anilines is 1. The molecule has 0 aromatic carbocycles. The second kappa shape index (κ2) is 3.91. The number of H-pyrrole nitrogens is 1. The zero-order valence-corrected chi connectivity index (χ0v) is 10.3. The van der Waals surface area contributed by atoms with E-state index in [0.29, 0.717) is 18.1 Å². The molecule has 2 N–H and O–H groups in total. The summed E-state index contributed by atoms with van der Waals surface area (Å²) in [5, 5.41) is 11.0. The lowest BCUT2D eigenvalue weighted by molar-refractivity contribution is -0.128. The maximum atomic E-state index is 11.9. The lowest BCUT2D eigenvalue weighted by Crippen LogP contribution is -2.29. The third-order valence-electron chi connectivity index (χ3n) is 3.73. The largest absolute Gasteiger partial charge is 0.364 e. The smallest absolute Gasteiger partial charge is 0.225 e. The highest BCUT2D eigenvalue weighted by molar-refractivity contribution is 5.86. The third kappa shape index (κ3) is 1.81. The Morgan fingerprint density at radius 2 is 2.26 bits per heavy atom. The van der Waals surface area contributed by atoms with Gasteiger partial charge in [0.15, 0.2) is 5.65 Å². The lowest BCUT2D eigenvalue weighted by atomic mass is 10.2. The van der Waals surface area contributed by atoms with E-state index in [1.807, 2.05) is 4.90 Å². The zero-order chi connectivity index (χ0) is 12.8. The Morgan fingerprint density at radius 3 is 3.11 bits per heavy atom. The summed E-state index contributed by atoms with van der Waals surface area (Å²) in [6.07, 6.45) is 6.04. The number of fused-ring (bicyclic) bond motifs is 1. The molecule has 1 aliphatic heterocycles. The van der Waals surface area contributed by atoms with Gasteiger partial charge in [-0.1, -0.05) is 0 Å². The van der Waals surface area contributed by atoms with E-state index in [1.54, 1.807) is 6.20 Å². The summed E-state index contributed by atoms with van der Waals surface area (Å²) in [5.41, 5.74) is 0.709. The monoisotopic (exact) mass is 258 g/mol. The molecule has 98 valence electrons. The van der Waals surface area contributed by atoms with Gasteiger partial charge in [0, 0.05) is 19.0 Å². The lowest BCUT2D eigenvalue weighted by Gasteiger charge is -2.16. The van der Waals surface area contributed by atoms with Crippen LogP contribution in [-0.2, 0) is 4.79 Å². The Bertz CT molecular complexity index is 634. The number of carbonyl (C=O) groups is 1. The van der Waals surface area contributed by atoms with Crippen LogP contribution in [0.5, 0.6) is 0 Å². The van der Waals surface area contributed by atoms with E-state index in [2.05, 4.69) is 25.5 Å². The molecule has 19 heavy (non-hydrogen) atoms. The number of likely N-dealkylation sites (tertiary alicyclic amines) is 1. The highest BCUT2D eigenvalue weighted by atomic mass is 16.2. The molecule has 0 radical (unpaired) electrons. The van der Waals surface area contributed by atoms with Gasteiger partial charge in [0.05, 0.1) is 17.6 Å². The molecule has 0 bridgehead atoms. The number of rotatable bonds is 3. The number of nitrogens with one attached hydrogen (secondary N) is 2. The van der Waals surface area contributed by atoms with E-state index in [1.165, 1.54) is 6.33 Å². The Hall–Kier alpha value is -2.18. The van der Waals surface area contributed by atoms with E-state index >= 15 is 0 Å². The molecule has 0 spiro atoms. The van der Waals surface area contributed by atoms with E-state index < -0.39 is 0 Å². The first kappa shape index (κ1) is 10.7. The molecular formula is C12H14N6O. The van der Waals surface area contributed by atoms with Crippen LogP contribution in [0.15, 0.2) is 12.5 Å². The molecule has 1 aliphatic carbocycles. The van der Waals surface area contributed by atoms with E-state index in [4.69, 9.17) is 0 Å². The van der Waals surface area contributed by atoms with Crippen molar-refractivity contribution in [2.45, 2.75) is 31.3 Å². The summed E-state index contributed by atoms with van der Waals surface area (Å²) >= 11 is 0. The minimum Gasteiger partial charge on any atom is -0.364 e. The normalized spacial score (nSPS) is 23.3. The average Bonchev–Trinajstić information content (AvgIpc) is 3.00. The number of carbonyl (C=O) groups excluding carboxylic acids is 1. The molecule has 2 aromatic rings. The SMILES string of the molecule is O=C1CC(Nc2ncnc3[nH]ncc23)CN1C1CC1. The second-order valence-corrected chi connectivity index (χ2v) is 5.18. The fraction of sp³-hybridized carbons (Fsp3) is 0.500. The average molecular weight is 258 g/mol. The van der Waals surface area contributed by atoms with Crippen LogP contribution >= 0.6 is 0 Å². The number of hydrogen-bond acceptors (Lipinski definition) is 5. The van der Waals surface area contributed by atoms with Crippen molar-refractivity contribution in [2.75, 3.05) is 11.9 Å². The van der Waals surface area contributed by atoms with Crippen molar-refractivity contribution in [3.05, 3.63) is 12.5 Å². The molecule has 4 rings (SSSR count). The predicted molar refractivity (Wildman–Crippen MR) is 68.4 cm³/mol. The number of hydrogen-bond donors (Lipinski definition) is 2. The summed E-state index contributed by atoms with van der Waals surface area (Å²) in [7, 11) is 0. The molecule has 1 atom stereocenters. The Morgan fingerprint density at radius 1 is 1.37 bits per heavy atom. The quantitative estimate of drug-likeness (QED) is 0.838. The summed E-state index contributed by atoms with van der Waals surface area (Å²) < 4.78 is 0. The van der Waals surface area contributed by atoms with Crippen molar-refractivity contribution in [3.63, 3.8) is 0 Å². The third-order valence-corrected chi connectivity index (χ3v) is 3.73. The highest BCUT2D eigenvalue weighted by Crippen LogP contribution is 2.31. The maximum Gasteiger partial charge on any atom is 0.225 e. The van der Waals surface area contributed by atoms with Crippen LogP contribution in [0.4, 0.5) is 5.82 Å². The molecule has 1 unspecified atom stereocenters. The van der Waals surface area contributed by atoms with Crippen LogP contribution in [-0.4, -0.2) is 49.6 Å². The van der Waals surface area contributed by atoms with Crippen molar-refractivity contribution in [1.82, 2.24) is 25.1 Å². The fourth-order valence-electron chi connectivity index (χ4n) is 2.64. The van der Waals surface area contributed by atoms with Gasteiger partial charge in [-0.15, -0.1) is 0 Å². The van der Waals surface area contributed by atoms with Gasteiger partial charge >= 0.3 is 0 Å². The molecule has 1 amide bonds. The van der Waals surface area contributed by atoms with Gasteiger partial charge in [-0.25, -0.2) is 9.97 Å². The topological polar surface area (TPSA) is 86.8 Å². The summed E-state index contributed by atoms with van der Waals surface area (Å²) in [5.74, 6) is 0.992. The standard InChI is InChI=1S/C12H14N6O/c19-10-3-7(5-18(10)8-1-2-8)16-11-9-4-15-17-12(9)14-6-13-11/h4,6-8H,1-3,5H2,(H2,13,14,15,16,17). The summed E-state index contributed by atoms with van der Waals surface area (Å²) in [6.45, 7) is 0.771. The predicted octanol–water partition coefficient (Wildman–Crippen LogP) is 0.528. The van der Waals surface area contributed by atoms with Gasteiger partial charge in [-0.2, -0.15) is 5.10 Å². The minimum atomic E-state index is 0.126. The van der Waals surface area contributed by atoms with Crippen LogP contribution in [0, 0.1) is 0 Å². The number of amides is 1. The second-order valence-electron chi connectivity index (χ2n) is 5.18. The summed E-state index contributed by atoms with van der Waals surface area (Å²) in [6, 6.07) is 0.611. The first-order valence-corrected chi connectivity index (χ1v) is 6.51. The molecular weight excluding hydrogens is 244 g/mol. The van der Waals surface area contributed by atoms with Crippen molar-refractivity contribution in [3.8, 4) is 0 Å². The van der Waals surface area contributed by atoms with E-state index in [0.717, 1.165) is 30.6 Å². The van der Waals surface area contributed by atoms with Gasteiger partial charge in [-0.05, 0) is 12.8 Å². The van der Waals surface area contributed by atoms with Crippen molar-refractivity contribution < 1.29 is 4.79 Å². The number of nitrogens with zero attached hydrogens (tertiary/aromatic N) is 4. The maximum absolute atomic E-state index is 11.9. The van der Waals surface area contributed by atoms with Gasteiger partial charge in [0.1, 0.15) is 12.1 Å². The molecule has 1 saturated carbocycles. The van der Waals surface area contributed by atoms with Crippen molar-refractivity contribution >= 4 is 22.8 Å². The Labute approximate surface area is 109 Å². The van der Waals surface area contributed by atoms with Crippen LogP contribution < -0.4 is 5.32 Å². The highest BCUT2D eigenvalue weighted by Gasteiger charge is 2.39. The van der Waals surface area contributed by atoms with E-state index in [-0.39, 0.29) is 11.9 Å². The minimum absolute atomic E-state index is 0.126. The Kier molecular flexibility index (Phi) is 2.20. The first-order chi connectivity index (χ1) is 9.31. The fourth-order valence-corrected chi connectivity index (χ4v) is 2.64. The van der Waals surface area contributed by atoms with Gasteiger partial charge in [0.2, 0.25) is 5.91 Å². The van der Waals surface area contributed by atoms with Gasteiger partial charge < -0.3 is 10.2 Å². The van der Waals surface area contributed by atoms with Crippen LogP contribution in [0.3, 0.4) is 0 Å². The molecule has 2 aliphatic rings. The van der Waals surface area contributed by atoms with E-state index in [9.17, 15) is 4.79 Å². The van der Waals surface area contributed by atoms with Crippen LogP contribution in [0.1, 0.15) is 19.3 Å². The molecule has 1 saturated heterocycles. The van der Waals surface area contributed by atoms with Crippen LogP contribution in [0.2, 0.25) is 0 Å². The zero-order valence-electron chi connectivity index (χ0n) is 10.3. The Balaban J connectivity index is 1.55. The van der Waals surface area contributed by atoms with Crippen LogP contribution in [0.25, 0.3) is 11.0 Å². The molecule has 7 nitrogen and oxygen atoms in total. The molecule has 2 aromatic heterocycles. The van der Waals surface area contributed by atoms with Gasteiger partial charge in [0.25, 0.3) is 0 Å². The molecule has 2 fully saturated rings. The van der Waals surface area contributed by atoms with Crippen molar-refractivity contribution in [2.24, 2.45) is 0 Å². The van der Waals surface area contributed by atoms with Gasteiger partial charge in [-0.3, -0.25) is 9.89 Å². The first-order valence-electron chi connectivity index (χ1n) is 6.51. The number of aromatic nitrogens is 4. The molecule has 3 heterocycles. The summed E-state index contributed by atoms with van der Waals surface area (Å²) in [4.78, 5) is 22.2. The van der Waals surface area contributed by atoms with Crippen molar-refractivity contribution in [1.29, 1.82) is 0 Å². The molecule has 7 heteroatoms.